The summed E-state index contributed by atoms with van der Waals surface area (Å²) in [5.74, 6) is -0.462. The number of hydrogen-bond donors (Lipinski definition) is 1. The third kappa shape index (κ3) is 4.24. The van der Waals surface area contributed by atoms with Crippen LogP contribution in [-0.2, 0) is 11.3 Å². The lowest BCUT2D eigenvalue weighted by Crippen LogP contribution is -2.33. The van der Waals surface area contributed by atoms with Crippen molar-refractivity contribution in [1.29, 1.82) is 0 Å². The van der Waals surface area contributed by atoms with Crippen molar-refractivity contribution in [3.8, 4) is 11.5 Å². The van der Waals surface area contributed by atoms with E-state index in [9.17, 15) is 13.6 Å². The fourth-order valence-electron chi connectivity index (χ4n) is 2.56. The van der Waals surface area contributed by atoms with Gasteiger partial charge in [-0.1, -0.05) is 13.0 Å². The molecule has 0 aromatic heterocycles. The molecule has 0 aliphatic carbocycles. The van der Waals surface area contributed by atoms with Gasteiger partial charge in [0.15, 0.2) is 11.5 Å². The van der Waals surface area contributed by atoms with Gasteiger partial charge in [-0.25, -0.2) is 8.78 Å². The summed E-state index contributed by atoms with van der Waals surface area (Å²) in [4.78, 5) is 14.0. The number of benzene rings is 2. The molecule has 3 rings (SSSR count). The second-order valence-electron chi connectivity index (χ2n) is 5.66. The zero-order chi connectivity index (χ0) is 17.8. The highest BCUT2D eigenvalue weighted by Crippen LogP contribution is 2.32. The van der Waals surface area contributed by atoms with E-state index in [1.807, 2.05) is 30.0 Å². The molecule has 1 N–H and O–H groups in total. The molecule has 2 aromatic rings. The molecule has 1 heterocycles. The molecular weight excluding hydrogens is 330 g/mol. The number of hydrogen-bond acceptors (Lipinski definition) is 4. The summed E-state index contributed by atoms with van der Waals surface area (Å²) < 4.78 is 37.1. The number of anilines is 1. The monoisotopic (exact) mass is 348 g/mol. The van der Waals surface area contributed by atoms with Gasteiger partial charge in [-0.3, -0.25) is 9.69 Å². The highest BCUT2D eigenvalue weighted by molar-refractivity contribution is 5.92. The Labute approximate surface area is 144 Å². The fourth-order valence-corrected chi connectivity index (χ4v) is 2.56. The maximum atomic E-state index is 13.6. The van der Waals surface area contributed by atoms with E-state index in [-0.39, 0.29) is 24.9 Å². The van der Waals surface area contributed by atoms with Crippen LogP contribution in [0.3, 0.4) is 0 Å². The minimum atomic E-state index is -0.799. The van der Waals surface area contributed by atoms with Gasteiger partial charge in [-0.2, -0.15) is 0 Å². The number of nitrogens with one attached hydrogen (secondary N) is 1. The van der Waals surface area contributed by atoms with Crippen LogP contribution in [0.25, 0.3) is 0 Å². The zero-order valence-electron chi connectivity index (χ0n) is 13.7. The van der Waals surface area contributed by atoms with Crippen molar-refractivity contribution in [2.45, 2.75) is 13.5 Å². The van der Waals surface area contributed by atoms with Gasteiger partial charge in [0, 0.05) is 12.6 Å². The molecule has 0 saturated carbocycles. The Bertz CT molecular complexity index is 783. The van der Waals surface area contributed by atoms with Gasteiger partial charge < -0.3 is 14.8 Å². The van der Waals surface area contributed by atoms with E-state index in [0.717, 1.165) is 17.7 Å². The van der Waals surface area contributed by atoms with Crippen LogP contribution in [0.1, 0.15) is 12.5 Å². The van der Waals surface area contributed by atoms with E-state index in [1.165, 1.54) is 6.07 Å². The van der Waals surface area contributed by atoms with Crippen molar-refractivity contribution in [1.82, 2.24) is 4.90 Å². The van der Waals surface area contributed by atoms with Gasteiger partial charge in [-0.15, -0.1) is 0 Å². The molecule has 1 amide bonds. The Morgan fingerprint density at radius 1 is 1.16 bits per heavy atom. The van der Waals surface area contributed by atoms with Crippen molar-refractivity contribution in [2.75, 3.05) is 25.2 Å². The second kappa shape index (κ2) is 7.48. The molecule has 25 heavy (non-hydrogen) atoms. The number of ether oxygens (including phenoxy) is 2. The summed E-state index contributed by atoms with van der Waals surface area (Å²) in [5.41, 5.74) is 0.942. The van der Waals surface area contributed by atoms with Crippen LogP contribution < -0.4 is 14.8 Å². The van der Waals surface area contributed by atoms with E-state index < -0.39 is 11.6 Å². The Kier molecular flexibility index (Phi) is 5.14. The van der Waals surface area contributed by atoms with Crippen LogP contribution in [0, 0.1) is 11.6 Å². The number of fused-ring (bicyclic) bond motifs is 1. The molecular formula is C18H18F2N2O3. The van der Waals surface area contributed by atoms with Gasteiger partial charge in [0.05, 0.1) is 12.2 Å². The lowest BCUT2D eigenvalue weighted by Gasteiger charge is -2.20. The van der Waals surface area contributed by atoms with E-state index in [2.05, 4.69) is 5.32 Å². The maximum Gasteiger partial charge on any atom is 0.238 e. The molecule has 0 bridgehead atoms. The zero-order valence-corrected chi connectivity index (χ0v) is 13.7. The van der Waals surface area contributed by atoms with Gasteiger partial charge in [-0.05, 0) is 36.4 Å². The van der Waals surface area contributed by atoms with Crippen molar-refractivity contribution in [3.05, 3.63) is 53.6 Å². The fraction of sp³-hybridized carbons (Fsp3) is 0.278. The van der Waals surface area contributed by atoms with E-state index >= 15 is 0 Å². The summed E-state index contributed by atoms with van der Waals surface area (Å²) in [6, 6.07) is 8.66. The average molecular weight is 348 g/mol. The first-order chi connectivity index (χ1) is 12.0. The topological polar surface area (TPSA) is 50.8 Å². The normalized spacial score (nSPS) is 12.5. The number of carbonyl (C=O) groups excluding carboxylic acids is 1. The number of likely N-dealkylation sites (N-methyl/N-ethyl adjacent to an activating group) is 1. The summed E-state index contributed by atoms with van der Waals surface area (Å²) >= 11 is 0. The Balaban J connectivity index is 1.60. The van der Waals surface area contributed by atoms with Crippen molar-refractivity contribution < 1.29 is 23.0 Å². The smallest absolute Gasteiger partial charge is 0.238 e. The average Bonchev–Trinajstić information content (AvgIpc) is 3.04. The van der Waals surface area contributed by atoms with Crippen LogP contribution in [0.5, 0.6) is 11.5 Å². The third-order valence-electron chi connectivity index (χ3n) is 3.86. The maximum absolute atomic E-state index is 13.6. The van der Waals surface area contributed by atoms with Crippen molar-refractivity contribution in [2.24, 2.45) is 0 Å². The molecule has 0 spiro atoms. The molecule has 0 unspecified atom stereocenters. The van der Waals surface area contributed by atoms with E-state index in [1.54, 1.807) is 0 Å². The third-order valence-corrected chi connectivity index (χ3v) is 3.86. The van der Waals surface area contributed by atoms with Crippen LogP contribution in [-0.4, -0.2) is 30.7 Å². The Morgan fingerprint density at radius 3 is 2.72 bits per heavy atom. The van der Waals surface area contributed by atoms with Crippen LogP contribution in [0.15, 0.2) is 36.4 Å². The standard InChI is InChI=1S/C18H18F2N2O3/c1-2-22(9-12-3-6-16-17(7-12)25-11-24-16)10-18(23)21-15-5-4-13(19)8-14(15)20/h3-8H,2,9-11H2,1H3,(H,21,23). The van der Waals surface area contributed by atoms with E-state index in [0.29, 0.717) is 24.6 Å². The molecule has 5 nitrogen and oxygen atoms in total. The minimum absolute atomic E-state index is 0.0365. The summed E-state index contributed by atoms with van der Waals surface area (Å²) in [5, 5.41) is 2.46. The van der Waals surface area contributed by atoms with Gasteiger partial charge in [0.1, 0.15) is 11.6 Å². The molecule has 0 atom stereocenters. The summed E-state index contributed by atoms with van der Waals surface area (Å²) in [7, 11) is 0. The second-order valence-corrected chi connectivity index (χ2v) is 5.66. The molecule has 0 fully saturated rings. The van der Waals surface area contributed by atoms with Crippen molar-refractivity contribution >= 4 is 11.6 Å². The van der Waals surface area contributed by atoms with Gasteiger partial charge >= 0.3 is 0 Å². The van der Waals surface area contributed by atoms with Gasteiger partial charge in [0.2, 0.25) is 12.7 Å². The molecule has 2 aromatic carbocycles. The number of rotatable bonds is 6. The quantitative estimate of drug-likeness (QED) is 0.871. The molecule has 7 heteroatoms. The first-order valence-electron chi connectivity index (χ1n) is 7.91. The molecule has 132 valence electrons. The minimum Gasteiger partial charge on any atom is -0.454 e. The largest absolute Gasteiger partial charge is 0.454 e. The first kappa shape index (κ1) is 17.2. The summed E-state index contributed by atoms with van der Waals surface area (Å²) in [6.07, 6.45) is 0. The number of carbonyl (C=O) groups is 1. The Morgan fingerprint density at radius 2 is 1.96 bits per heavy atom. The highest BCUT2D eigenvalue weighted by Gasteiger charge is 2.16. The molecule has 0 saturated heterocycles. The Hall–Kier alpha value is -2.67. The van der Waals surface area contributed by atoms with E-state index in [4.69, 9.17) is 9.47 Å². The van der Waals surface area contributed by atoms with Crippen LogP contribution in [0.4, 0.5) is 14.5 Å². The molecule has 0 radical (unpaired) electrons. The number of amides is 1. The number of halogens is 2. The molecule has 1 aliphatic heterocycles. The summed E-state index contributed by atoms with van der Waals surface area (Å²) in [6.45, 7) is 3.39. The van der Waals surface area contributed by atoms with Crippen molar-refractivity contribution in [3.63, 3.8) is 0 Å². The lowest BCUT2D eigenvalue weighted by atomic mass is 10.2. The van der Waals surface area contributed by atoms with Gasteiger partial charge in [0.25, 0.3) is 0 Å². The first-order valence-corrected chi connectivity index (χ1v) is 7.91. The van der Waals surface area contributed by atoms with Crippen LogP contribution >= 0.6 is 0 Å². The molecule has 1 aliphatic rings. The predicted octanol–water partition coefficient (Wildman–Crippen LogP) is 3.15. The number of nitrogens with zero attached hydrogens (tertiary/aromatic N) is 1. The SMILES string of the molecule is CCN(CC(=O)Nc1ccc(F)cc1F)Cc1ccc2c(c1)OCO2. The highest BCUT2D eigenvalue weighted by atomic mass is 19.1. The van der Waals surface area contributed by atoms with Crippen LogP contribution in [0.2, 0.25) is 0 Å². The lowest BCUT2D eigenvalue weighted by molar-refractivity contribution is -0.117. The predicted molar refractivity (Wildman–Crippen MR) is 88.5 cm³/mol.